The van der Waals surface area contributed by atoms with Gasteiger partial charge in [-0.05, 0) is 31.0 Å². The SMILES string of the molecule is CC(NC(=O)CCc1ccc2c(c1)OCO2)C(N)=O. The molecule has 0 saturated heterocycles. The smallest absolute Gasteiger partial charge is 0.239 e. The van der Waals surface area contributed by atoms with Gasteiger partial charge in [-0.2, -0.15) is 0 Å². The Labute approximate surface area is 110 Å². The third-order valence-electron chi connectivity index (χ3n) is 2.88. The van der Waals surface area contributed by atoms with Crippen molar-refractivity contribution in [2.75, 3.05) is 6.79 Å². The maximum atomic E-state index is 11.6. The minimum absolute atomic E-state index is 0.205. The molecular weight excluding hydrogens is 248 g/mol. The van der Waals surface area contributed by atoms with Crippen LogP contribution >= 0.6 is 0 Å². The summed E-state index contributed by atoms with van der Waals surface area (Å²) in [7, 11) is 0. The van der Waals surface area contributed by atoms with Crippen molar-refractivity contribution in [3.8, 4) is 11.5 Å². The molecule has 1 unspecified atom stereocenters. The molecule has 102 valence electrons. The van der Waals surface area contributed by atoms with Crippen molar-refractivity contribution in [2.24, 2.45) is 5.73 Å². The van der Waals surface area contributed by atoms with Crippen LogP contribution in [0.25, 0.3) is 0 Å². The monoisotopic (exact) mass is 264 g/mol. The Morgan fingerprint density at radius 2 is 2.11 bits per heavy atom. The van der Waals surface area contributed by atoms with Crippen LogP contribution in [0.15, 0.2) is 18.2 Å². The summed E-state index contributed by atoms with van der Waals surface area (Å²) < 4.78 is 10.5. The normalized spacial score (nSPS) is 13.9. The standard InChI is InChI=1S/C13H16N2O4/c1-8(13(14)17)15-12(16)5-3-9-2-4-10-11(6-9)19-7-18-10/h2,4,6,8H,3,5,7H2,1H3,(H2,14,17)(H,15,16). The van der Waals surface area contributed by atoms with E-state index in [4.69, 9.17) is 15.2 Å². The number of fused-ring (bicyclic) bond motifs is 1. The Bertz CT molecular complexity index is 501. The first-order valence-corrected chi connectivity index (χ1v) is 6.03. The van der Waals surface area contributed by atoms with Crippen LogP contribution in [0.3, 0.4) is 0 Å². The third kappa shape index (κ3) is 3.37. The number of carbonyl (C=O) groups excluding carboxylic acids is 2. The zero-order chi connectivity index (χ0) is 13.8. The maximum absolute atomic E-state index is 11.6. The number of carbonyl (C=O) groups is 2. The zero-order valence-corrected chi connectivity index (χ0v) is 10.6. The van der Waals surface area contributed by atoms with E-state index in [9.17, 15) is 9.59 Å². The number of amides is 2. The minimum atomic E-state index is -0.649. The van der Waals surface area contributed by atoms with E-state index in [0.717, 1.165) is 11.3 Å². The van der Waals surface area contributed by atoms with Crippen molar-refractivity contribution in [3.05, 3.63) is 23.8 Å². The van der Waals surface area contributed by atoms with Gasteiger partial charge in [0.1, 0.15) is 6.04 Å². The highest BCUT2D eigenvalue weighted by Gasteiger charge is 2.15. The molecule has 0 bridgehead atoms. The lowest BCUT2D eigenvalue weighted by Gasteiger charge is -2.10. The van der Waals surface area contributed by atoms with Gasteiger partial charge in [-0.3, -0.25) is 9.59 Å². The van der Waals surface area contributed by atoms with Crippen LogP contribution in [-0.2, 0) is 16.0 Å². The first-order valence-electron chi connectivity index (χ1n) is 6.03. The number of rotatable bonds is 5. The van der Waals surface area contributed by atoms with Gasteiger partial charge >= 0.3 is 0 Å². The molecule has 0 fully saturated rings. The van der Waals surface area contributed by atoms with Crippen LogP contribution in [0.2, 0.25) is 0 Å². The summed E-state index contributed by atoms with van der Waals surface area (Å²) in [5.74, 6) is 0.666. The fourth-order valence-electron chi connectivity index (χ4n) is 1.74. The summed E-state index contributed by atoms with van der Waals surface area (Å²) in [5, 5.41) is 2.53. The lowest BCUT2D eigenvalue weighted by Crippen LogP contribution is -2.42. The molecule has 1 aromatic rings. The number of primary amides is 1. The van der Waals surface area contributed by atoms with Gasteiger partial charge in [0.15, 0.2) is 11.5 Å². The molecule has 1 aromatic carbocycles. The summed E-state index contributed by atoms with van der Waals surface area (Å²) in [6, 6.07) is 4.91. The van der Waals surface area contributed by atoms with Gasteiger partial charge in [-0.25, -0.2) is 0 Å². The number of aryl methyl sites for hydroxylation is 1. The molecule has 6 heteroatoms. The fourth-order valence-corrected chi connectivity index (χ4v) is 1.74. The Kier molecular flexibility index (Phi) is 3.89. The molecule has 1 atom stereocenters. The van der Waals surface area contributed by atoms with Crippen LogP contribution in [-0.4, -0.2) is 24.6 Å². The third-order valence-corrected chi connectivity index (χ3v) is 2.88. The lowest BCUT2D eigenvalue weighted by molar-refractivity contribution is -0.126. The van der Waals surface area contributed by atoms with E-state index < -0.39 is 11.9 Å². The van der Waals surface area contributed by atoms with Gasteiger partial charge in [-0.15, -0.1) is 0 Å². The number of hydrogen-bond donors (Lipinski definition) is 2. The number of nitrogens with one attached hydrogen (secondary N) is 1. The van der Waals surface area contributed by atoms with E-state index in [1.54, 1.807) is 6.92 Å². The van der Waals surface area contributed by atoms with Crippen LogP contribution in [0.4, 0.5) is 0 Å². The average Bonchev–Trinajstić information content (AvgIpc) is 2.83. The predicted octanol–water partition coefficient (Wildman–Crippen LogP) is 0.338. The van der Waals surface area contributed by atoms with Gasteiger partial charge in [0.05, 0.1) is 0 Å². The number of ether oxygens (including phenoxy) is 2. The van der Waals surface area contributed by atoms with Gasteiger partial charge in [0, 0.05) is 6.42 Å². The molecule has 0 saturated carbocycles. The fraction of sp³-hybridized carbons (Fsp3) is 0.385. The van der Waals surface area contributed by atoms with Crippen LogP contribution in [0, 0.1) is 0 Å². The van der Waals surface area contributed by atoms with Crippen LogP contribution in [0.5, 0.6) is 11.5 Å². The molecule has 1 aliphatic heterocycles. The van der Waals surface area contributed by atoms with Crippen molar-refractivity contribution in [3.63, 3.8) is 0 Å². The second-order valence-corrected chi connectivity index (χ2v) is 4.38. The van der Waals surface area contributed by atoms with Gasteiger partial charge < -0.3 is 20.5 Å². The number of hydrogen-bond acceptors (Lipinski definition) is 4. The highest BCUT2D eigenvalue weighted by molar-refractivity contribution is 5.86. The first kappa shape index (κ1) is 13.2. The van der Waals surface area contributed by atoms with Crippen molar-refractivity contribution in [1.82, 2.24) is 5.32 Å². The van der Waals surface area contributed by atoms with Crippen LogP contribution in [0.1, 0.15) is 18.9 Å². The number of nitrogens with two attached hydrogens (primary N) is 1. The molecule has 2 rings (SSSR count). The minimum Gasteiger partial charge on any atom is -0.454 e. The quantitative estimate of drug-likeness (QED) is 0.802. The average molecular weight is 264 g/mol. The molecular formula is C13H16N2O4. The second kappa shape index (κ2) is 5.60. The molecule has 19 heavy (non-hydrogen) atoms. The molecule has 0 aliphatic carbocycles. The topological polar surface area (TPSA) is 90.7 Å². The Hall–Kier alpha value is -2.24. The summed E-state index contributed by atoms with van der Waals surface area (Å²) in [4.78, 5) is 22.4. The van der Waals surface area contributed by atoms with E-state index in [2.05, 4.69) is 5.32 Å². The largest absolute Gasteiger partial charge is 0.454 e. The Morgan fingerprint density at radius 3 is 2.84 bits per heavy atom. The summed E-state index contributed by atoms with van der Waals surface area (Å²) in [6.45, 7) is 1.79. The van der Waals surface area contributed by atoms with E-state index >= 15 is 0 Å². The highest BCUT2D eigenvalue weighted by atomic mass is 16.7. The summed E-state index contributed by atoms with van der Waals surface area (Å²) in [5.41, 5.74) is 6.05. The molecule has 2 amide bonds. The van der Waals surface area contributed by atoms with E-state index in [1.165, 1.54) is 0 Å². The van der Waals surface area contributed by atoms with Crippen molar-refractivity contribution in [2.45, 2.75) is 25.8 Å². The van der Waals surface area contributed by atoms with Crippen molar-refractivity contribution >= 4 is 11.8 Å². The number of benzene rings is 1. The molecule has 1 aliphatic rings. The van der Waals surface area contributed by atoms with Gasteiger partial charge in [0.25, 0.3) is 0 Å². The summed E-state index contributed by atoms with van der Waals surface area (Å²) >= 11 is 0. The second-order valence-electron chi connectivity index (χ2n) is 4.38. The maximum Gasteiger partial charge on any atom is 0.239 e. The Morgan fingerprint density at radius 1 is 1.37 bits per heavy atom. The molecule has 0 radical (unpaired) electrons. The Balaban J connectivity index is 1.85. The molecule has 0 aromatic heterocycles. The van der Waals surface area contributed by atoms with E-state index in [1.807, 2.05) is 18.2 Å². The van der Waals surface area contributed by atoms with E-state index in [0.29, 0.717) is 12.2 Å². The molecule has 6 nitrogen and oxygen atoms in total. The molecule has 0 spiro atoms. The zero-order valence-electron chi connectivity index (χ0n) is 10.6. The predicted molar refractivity (Wildman–Crippen MR) is 67.7 cm³/mol. The van der Waals surface area contributed by atoms with Crippen molar-refractivity contribution < 1.29 is 19.1 Å². The first-order chi connectivity index (χ1) is 9.06. The highest BCUT2D eigenvalue weighted by Crippen LogP contribution is 2.32. The van der Waals surface area contributed by atoms with Crippen LogP contribution < -0.4 is 20.5 Å². The molecule has 3 N–H and O–H groups in total. The summed E-state index contributed by atoms with van der Waals surface area (Å²) in [6.07, 6.45) is 0.852. The van der Waals surface area contributed by atoms with E-state index in [-0.39, 0.29) is 19.1 Å². The van der Waals surface area contributed by atoms with Crippen molar-refractivity contribution in [1.29, 1.82) is 0 Å². The van der Waals surface area contributed by atoms with Gasteiger partial charge in [-0.1, -0.05) is 6.07 Å². The lowest BCUT2D eigenvalue weighted by atomic mass is 10.1. The van der Waals surface area contributed by atoms with Gasteiger partial charge in [0.2, 0.25) is 18.6 Å². The molecule has 1 heterocycles.